The minimum atomic E-state index is -0.990. The van der Waals surface area contributed by atoms with Crippen LogP contribution in [0.15, 0.2) is 24.3 Å². The number of carbonyl (C=O) groups excluding carboxylic acids is 1. The Morgan fingerprint density at radius 3 is 2.76 bits per heavy atom. The Morgan fingerprint density at radius 2 is 2.10 bits per heavy atom. The van der Waals surface area contributed by atoms with Crippen LogP contribution < -0.4 is 5.32 Å². The maximum atomic E-state index is 11.8. The van der Waals surface area contributed by atoms with Crippen molar-refractivity contribution in [2.45, 2.75) is 26.5 Å². The van der Waals surface area contributed by atoms with Gasteiger partial charge in [0.15, 0.2) is 0 Å². The lowest BCUT2D eigenvalue weighted by molar-refractivity contribution is -0.132. The molecule has 0 saturated carbocycles. The maximum absolute atomic E-state index is 11.8. The number of nitrogens with one attached hydrogen (secondary N) is 1. The topological polar surface area (TPSA) is 84.9 Å². The van der Waals surface area contributed by atoms with E-state index < -0.39 is 12.1 Å². The van der Waals surface area contributed by atoms with Gasteiger partial charge in [-0.15, -0.1) is 0 Å². The summed E-state index contributed by atoms with van der Waals surface area (Å²) in [6.07, 6.45) is -0.576. The zero-order valence-corrected chi connectivity index (χ0v) is 12.3. The number of benzene rings is 1. The summed E-state index contributed by atoms with van der Waals surface area (Å²) in [5, 5.41) is 11.6. The average Bonchev–Trinajstić information content (AvgIpc) is 2.49. The molecule has 0 fully saturated rings. The summed E-state index contributed by atoms with van der Waals surface area (Å²) < 4.78 is 10.4. The fraction of sp³-hybridized carbons (Fsp3) is 0.467. The highest BCUT2D eigenvalue weighted by atomic mass is 16.5. The summed E-state index contributed by atoms with van der Waals surface area (Å²) in [5.41, 5.74) is 0.924. The first-order valence-corrected chi connectivity index (χ1v) is 6.84. The monoisotopic (exact) mass is 295 g/mol. The Labute approximate surface area is 124 Å². The van der Waals surface area contributed by atoms with Crippen LogP contribution in [0, 0.1) is 0 Å². The highest BCUT2D eigenvalue weighted by Crippen LogP contribution is 2.05. The predicted molar refractivity (Wildman–Crippen MR) is 77.2 cm³/mol. The molecular weight excluding hydrogens is 274 g/mol. The van der Waals surface area contributed by atoms with Crippen LogP contribution in [-0.4, -0.2) is 42.9 Å². The Balaban J connectivity index is 2.38. The molecule has 0 aromatic heterocycles. The van der Waals surface area contributed by atoms with Gasteiger partial charge in [0.1, 0.15) is 6.10 Å². The van der Waals surface area contributed by atoms with Crippen LogP contribution in [0.1, 0.15) is 29.8 Å². The quantitative estimate of drug-likeness (QED) is 0.673. The fourth-order valence-corrected chi connectivity index (χ4v) is 1.65. The standard InChI is InChI=1S/C15H21NO5/c1-3-20-7-8-21-11(2)14(17)16-10-12-5-4-6-13(9-12)15(18)19/h4-6,9,11H,3,7-8,10H2,1-2H3,(H,16,17)(H,18,19)/t11-/m1/s1. The number of ether oxygens (including phenoxy) is 2. The van der Waals surface area contributed by atoms with Crippen LogP contribution in [0.25, 0.3) is 0 Å². The lowest BCUT2D eigenvalue weighted by Crippen LogP contribution is -2.34. The third-order valence-electron chi connectivity index (χ3n) is 2.81. The van der Waals surface area contributed by atoms with E-state index in [1.165, 1.54) is 12.1 Å². The van der Waals surface area contributed by atoms with Crippen molar-refractivity contribution in [1.29, 1.82) is 0 Å². The predicted octanol–water partition coefficient (Wildman–Crippen LogP) is 1.44. The molecule has 0 saturated heterocycles. The first-order valence-electron chi connectivity index (χ1n) is 6.84. The van der Waals surface area contributed by atoms with Gasteiger partial charge in [-0.2, -0.15) is 0 Å². The van der Waals surface area contributed by atoms with Crippen molar-refractivity contribution in [2.24, 2.45) is 0 Å². The molecule has 1 rings (SSSR count). The van der Waals surface area contributed by atoms with E-state index in [4.69, 9.17) is 14.6 Å². The molecule has 0 aliphatic heterocycles. The molecule has 0 heterocycles. The van der Waals surface area contributed by atoms with Gasteiger partial charge in [-0.25, -0.2) is 4.79 Å². The van der Waals surface area contributed by atoms with Crippen molar-refractivity contribution in [3.8, 4) is 0 Å². The second kappa shape index (κ2) is 9.10. The highest BCUT2D eigenvalue weighted by molar-refractivity contribution is 5.87. The van der Waals surface area contributed by atoms with Crippen LogP contribution >= 0.6 is 0 Å². The molecule has 0 spiro atoms. The molecule has 2 N–H and O–H groups in total. The third-order valence-corrected chi connectivity index (χ3v) is 2.81. The number of carbonyl (C=O) groups is 2. The van der Waals surface area contributed by atoms with Crippen LogP contribution in [0.2, 0.25) is 0 Å². The van der Waals surface area contributed by atoms with E-state index in [1.54, 1.807) is 19.1 Å². The van der Waals surface area contributed by atoms with E-state index in [0.29, 0.717) is 19.8 Å². The van der Waals surface area contributed by atoms with Crippen LogP contribution in [-0.2, 0) is 20.8 Å². The van der Waals surface area contributed by atoms with E-state index in [2.05, 4.69) is 5.32 Å². The normalized spacial score (nSPS) is 11.9. The molecule has 0 unspecified atom stereocenters. The first-order chi connectivity index (χ1) is 10.0. The number of rotatable bonds is 9. The first kappa shape index (κ1) is 17.1. The Bertz CT molecular complexity index is 475. The van der Waals surface area contributed by atoms with E-state index in [9.17, 15) is 9.59 Å². The summed E-state index contributed by atoms with van der Waals surface area (Å²) in [6.45, 7) is 5.24. The number of hydrogen-bond acceptors (Lipinski definition) is 4. The average molecular weight is 295 g/mol. The summed E-state index contributed by atoms with van der Waals surface area (Å²) in [6, 6.07) is 6.44. The molecular formula is C15H21NO5. The van der Waals surface area contributed by atoms with Gasteiger partial charge in [0, 0.05) is 13.2 Å². The van der Waals surface area contributed by atoms with Gasteiger partial charge in [-0.05, 0) is 31.5 Å². The molecule has 0 aliphatic carbocycles. The summed E-state index contributed by atoms with van der Waals surface area (Å²) in [4.78, 5) is 22.7. The van der Waals surface area contributed by atoms with Gasteiger partial charge in [0.2, 0.25) is 5.91 Å². The van der Waals surface area contributed by atoms with Crippen molar-refractivity contribution in [2.75, 3.05) is 19.8 Å². The summed E-state index contributed by atoms with van der Waals surface area (Å²) in [5.74, 6) is -1.23. The Kier molecular flexibility index (Phi) is 7.42. The SMILES string of the molecule is CCOCCO[C@H](C)C(=O)NCc1cccc(C(=O)O)c1. The molecule has 1 aromatic carbocycles. The molecule has 6 heteroatoms. The summed E-state index contributed by atoms with van der Waals surface area (Å²) in [7, 11) is 0. The number of amides is 1. The molecule has 1 atom stereocenters. The largest absolute Gasteiger partial charge is 0.478 e. The Hall–Kier alpha value is -1.92. The number of hydrogen-bond donors (Lipinski definition) is 2. The van der Waals surface area contributed by atoms with Crippen molar-refractivity contribution >= 4 is 11.9 Å². The molecule has 21 heavy (non-hydrogen) atoms. The smallest absolute Gasteiger partial charge is 0.335 e. The van der Waals surface area contributed by atoms with E-state index in [0.717, 1.165) is 5.56 Å². The lowest BCUT2D eigenvalue weighted by Gasteiger charge is -2.13. The van der Waals surface area contributed by atoms with Gasteiger partial charge in [0.05, 0.1) is 18.8 Å². The lowest BCUT2D eigenvalue weighted by atomic mass is 10.1. The minimum absolute atomic E-state index is 0.197. The Morgan fingerprint density at radius 1 is 1.33 bits per heavy atom. The van der Waals surface area contributed by atoms with Gasteiger partial charge in [-0.1, -0.05) is 12.1 Å². The van der Waals surface area contributed by atoms with Gasteiger partial charge in [-0.3, -0.25) is 4.79 Å². The fourth-order valence-electron chi connectivity index (χ4n) is 1.65. The van der Waals surface area contributed by atoms with E-state index >= 15 is 0 Å². The number of carboxylic acids is 1. The van der Waals surface area contributed by atoms with Crippen molar-refractivity contribution in [3.05, 3.63) is 35.4 Å². The van der Waals surface area contributed by atoms with Crippen LogP contribution in [0.4, 0.5) is 0 Å². The van der Waals surface area contributed by atoms with Crippen molar-refractivity contribution in [1.82, 2.24) is 5.32 Å². The van der Waals surface area contributed by atoms with Gasteiger partial charge >= 0.3 is 5.97 Å². The minimum Gasteiger partial charge on any atom is -0.478 e. The zero-order valence-electron chi connectivity index (χ0n) is 12.3. The highest BCUT2D eigenvalue weighted by Gasteiger charge is 2.13. The number of aromatic carboxylic acids is 1. The van der Waals surface area contributed by atoms with Gasteiger partial charge in [0.25, 0.3) is 0 Å². The second-order valence-electron chi connectivity index (χ2n) is 4.43. The molecule has 1 amide bonds. The van der Waals surface area contributed by atoms with Crippen molar-refractivity contribution < 1.29 is 24.2 Å². The molecule has 1 aromatic rings. The molecule has 0 aliphatic rings. The van der Waals surface area contributed by atoms with Gasteiger partial charge < -0.3 is 19.9 Å². The van der Waals surface area contributed by atoms with Crippen molar-refractivity contribution in [3.63, 3.8) is 0 Å². The van der Waals surface area contributed by atoms with E-state index in [1.807, 2.05) is 6.92 Å². The molecule has 6 nitrogen and oxygen atoms in total. The second-order valence-corrected chi connectivity index (χ2v) is 4.43. The van der Waals surface area contributed by atoms with Crippen LogP contribution in [0.3, 0.4) is 0 Å². The van der Waals surface area contributed by atoms with Crippen LogP contribution in [0.5, 0.6) is 0 Å². The molecule has 0 bridgehead atoms. The summed E-state index contributed by atoms with van der Waals surface area (Å²) >= 11 is 0. The number of carboxylic acid groups (broad SMARTS) is 1. The van der Waals surface area contributed by atoms with E-state index in [-0.39, 0.29) is 18.0 Å². The zero-order chi connectivity index (χ0) is 15.7. The maximum Gasteiger partial charge on any atom is 0.335 e. The molecule has 0 radical (unpaired) electrons. The molecule has 116 valence electrons. The third kappa shape index (κ3) is 6.37.